The molecule has 0 radical (unpaired) electrons. The first kappa shape index (κ1) is 13.6. The normalized spacial score (nSPS) is 16.7. The third kappa shape index (κ3) is 2.76. The molecule has 2 N–H and O–H groups in total. The van der Waals surface area contributed by atoms with Crippen LogP contribution in [0.1, 0.15) is 32.4 Å². The lowest BCUT2D eigenvalue weighted by atomic mass is 10.2. The van der Waals surface area contributed by atoms with Crippen molar-refractivity contribution in [3.05, 3.63) is 18.0 Å². The first-order valence-electron chi connectivity index (χ1n) is 6.25. The second-order valence-corrected chi connectivity index (χ2v) is 7.11. The van der Waals surface area contributed by atoms with Crippen molar-refractivity contribution in [3.63, 3.8) is 0 Å². The summed E-state index contributed by atoms with van der Waals surface area (Å²) >= 11 is 0. The summed E-state index contributed by atoms with van der Waals surface area (Å²) < 4.78 is 26.6. The molecule has 0 atom stereocenters. The number of aliphatic hydroxyl groups is 1. The number of aromatic amines is 1. The van der Waals surface area contributed by atoms with Gasteiger partial charge in [-0.15, -0.1) is 0 Å². The maximum Gasteiger partial charge on any atom is 0.244 e. The Morgan fingerprint density at radius 1 is 1.50 bits per heavy atom. The molecule has 0 aromatic carbocycles. The van der Waals surface area contributed by atoms with Gasteiger partial charge in [0, 0.05) is 24.5 Å². The summed E-state index contributed by atoms with van der Waals surface area (Å²) in [4.78, 5) is 3.02. The molecule has 0 spiro atoms. The molecule has 1 saturated carbocycles. The largest absolute Gasteiger partial charge is 0.390 e. The van der Waals surface area contributed by atoms with Crippen LogP contribution < -0.4 is 0 Å². The Morgan fingerprint density at radius 3 is 2.61 bits per heavy atom. The van der Waals surface area contributed by atoms with Crippen molar-refractivity contribution >= 4 is 10.0 Å². The Kier molecular flexibility index (Phi) is 3.79. The lowest BCUT2D eigenvalue weighted by Gasteiger charge is -2.23. The van der Waals surface area contributed by atoms with Crippen molar-refractivity contribution in [1.82, 2.24) is 9.29 Å². The minimum atomic E-state index is -3.43. The average Bonchev–Trinajstić information content (AvgIpc) is 3.01. The first-order valence-corrected chi connectivity index (χ1v) is 7.69. The summed E-state index contributed by atoms with van der Waals surface area (Å²) in [6.07, 6.45) is 3.35. The predicted molar refractivity (Wildman–Crippen MR) is 68.5 cm³/mol. The molecule has 1 aromatic rings. The molecule has 18 heavy (non-hydrogen) atoms. The number of aliphatic hydroxyl groups excluding tert-OH is 1. The molecule has 1 aliphatic rings. The van der Waals surface area contributed by atoms with Crippen LogP contribution in [0, 0.1) is 5.92 Å². The van der Waals surface area contributed by atoms with E-state index in [0.717, 1.165) is 12.8 Å². The van der Waals surface area contributed by atoms with Crippen molar-refractivity contribution in [1.29, 1.82) is 0 Å². The van der Waals surface area contributed by atoms with Gasteiger partial charge >= 0.3 is 0 Å². The van der Waals surface area contributed by atoms with Crippen LogP contribution in [0.5, 0.6) is 0 Å². The molecule has 0 amide bonds. The van der Waals surface area contributed by atoms with E-state index < -0.39 is 10.0 Å². The van der Waals surface area contributed by atoms with E-state index in [1.54, 1.807) is 4.31 Å². The number of nitrogens with zero attached hydrogens (tertiary/aromatic N) is 1. The van der Waals surface area contributed by atoms with Gasteiger partial charge in [0.25, 0.3) is 0 Å². The fraction of sp³-hybridized carbons (Fsp3) is 0.667. The molecule has 0 aliphatic heterocycles. The molecule has 6 heteroatoms. The number of nitrogens with one attached hydrogen (secondary N) is 1. The van der Waals surface area contributed by atoms with Crippen LogP contribution in [0.2, 0.25) is 0 Å². The molecular weight excluding hydrogens is 252 g/mol. The number of H-pyrrole nitrogens is 1. The molecule has 0 bridgehead atoms. The van der Waals surface area contributed by atoms with Gasteiger partial charge in [-0.2, -0.15) is 4.31 Å². The fourth-order valence-corrected chi connectivity index (χ4v) is 3.83. The van der Waals surface area contributed by atoms with Gasteiger partial charge < -0.3 is 10.1 Å². The second kappa shape index (κ2) is 5.03. The molecule has 1 heterocycles. The standard InChI is InChI=1S/C12H20N2O3S/c1-9(2)7-14(11-3-4-11)18(16,17)12-5-10(8-15)13-6-12/h5-6,9,11,13,15H,3-4,7-8H2,1-2H3. The Morgan fingerprint density at radius 2 is 2.17 bits per heavy atom. The third-order valence-electron chi connectivity index (χ3n) is 2.99. The van der Waals surface area contributed by atoms with Gasteiger partial charge in [0.2, 0.25) is 10.0 Å². The lowest BCUT2D eigenvalue weighted by molar-refractivity contribution is 0.277. The minimum Gasteiger partial charge on any atom is -0.390 e. The van der Waals surface area contributed by atoms with Crippen molar-refractivity contribution in [2.45, 2.75) is 44.2 Å². The fourth-order valence-electron chi connectivity index (χ4n) is 1.96. The summed E-state index contributed by atoms with van der Waals surface area (Å²) in [5.41, 5.74) is 0.522. The number of sulfonamides is 1. The second-order valence-electron chi connectivity index (χ2n) is 5.22. The van der Waals surface area contributed by atoms with Gasteiger partial charge in [-0.3, -0.25) is 0 Å². The van der Waals surface area contributed by atoms with E-state index in [4.69, 9.17) is 5.11 Å². The Balaban J connectivity index is 2.26. The number of rotatable bonds is 6. The van der Waals surface area contributed by atoms with E-state index in [0.29, 0.717) is 18.2 Å². The van der Waals surface area contributed by atoms with Crippen molar-refractivity contribution in [2.75, 3.05) is 6.54 Å². The highest BCUT2D eigenvalue weighted by molar-refractivity contribution is 7.89. The summed E-state index contributed by atoms with van der Waals surface area (Å²) in [5, 5.41) is 8.98. The molecule has 0 saturated heterocycles. The van der Waals surface area contributed by atoms with Gasteiger partial charge in [-0.25, -0.2) is 8.42 Å². The van der Waals surface area contributed by atoms with E-state index in [1.807, 2.05) is 13.8 Å². The zero-order chi connectivity index (χ0) is 13.3. The summed E-state index contributed by atoms with van der Waals surface area (Å²) in [5.74, 6) is 0.302. The van der Waals surface area contributed by atoms with E-state index in [9.17, 15) is 8.42 Å². The van der Waals surface area contributed by atoms with Crippen LogP contribution in [-0.4, -0.2) is 35.4 Å². The summed E-state index contributed by atoms with van der Waals surface area (Å²) in [6, 6.07) is 1.66. The molecular formula is C12H20N2O3S. The van der Waals surface area contributed by atoms with Crippen LogP contribution >= 0.6 is 0 Å². The predicted octanol–water partition coefficient (Wildman–Crippen LogP) is 1.32. The van der Waals surface area contributed by atoms with E-state index in [1.165, 1.54) is 12.3 Å². The highest BCUT2D eigenvalue weighted by atomic mass is 32.2. The van der Waals surface area contributed by atoms with Crippen LogP contribution in [-0.2, 0) is 16.6 Å². The van der Waals surface area contributed by atoms with Crippen LogP contribution in [0.3, 0.4) is 0 Å². The van der Waals surface area contributed by atoms with Crippen LogP contribution in [0.15, 0.2) is 17.2 Å². The topological polar surface area (TPSA) is 73.4 Å². The number of hydrogen-bond donors (Lipinski definition) is 2. The SMILES string of the molecule is CC(C)CN(C1CC1)S(=O)(=O)c1c[nH]c(CO)c1. The van der Waals surface area contributed by atoms with Crippen molar-refractivity contribution in [3.8, 4) is 0 Å². The van der Waals surface area contributed by atoms with Gasteiger partial charge in [-0.1, -0.05) is 13.8 Å². The smallest absolute Gasteiger partial charge is 0.244 e. The third-order valence-corrected chi connectivity index (χ3v) is 4.89. The van der Waals surface area contributed by atoms with E-state index >= 15 is 0 Å². The highest BCUT2D eigenvalue weighted by Crippen LogP contribution is 2.32. The molecule has 2 rings (SSSR count). The van der Waals surface area contributed by atoms with E-state index in [2.05, 4.69) is 4.98 Å². The molecule has 5 nitrogen and oxygen atoms in total. The highest BCUT2D eigenvalue weighted by Gasteiger charge is 2.38. The van der Waals surface area contributed by atoms with Gasteiger partial charge in [0.1, 0.15) is 0 Å². The lowest BCUT2D eigenvalue weighted by Crippen LogP contribution is -2.35. The maximum atomic E-state index is 12.5. The van der Waals surface area contributed by atoms with Crippen molar-refractivity contribution in [2.24, 2.45) is 5.92 Å². The minimum absolute atomic E-state index is 0.157. The molecule has 1 aromatic heterocycles. The number of hydrogen-bond acceptors (Lipinski definition) is 3. The average molecular weight is 272 g/mol. The first-order chi connectivity index (χ1) is 8.45. The Bertz CT molecular complexity index is 503. The Hall–Kier alpha value is -0.850. The summed E-state index contributed by atoms with van der Waals surface area (Å²) in [7, 11) is -3.43. The van der Waals surface area contributed by atoms with Gasteiger partial charge in [-0.05, 0) is 24.8 Å². The van der Waals surface area contributed by atoms with Crippen LogP contribution in [0.25, 0.3) is 0 Å². The van der Waals surface area contributed by atoms with E-state index in [-0.39, 0.29) is 17.5 Å². The van der Waals surface area contributed by atoms with Crippen LogP contribution in [0.4, 0.5) is 0 Å². The zero-order valence-corrected chi connectivity index (χ0v) is 11.6. The molecule has 0 unspecified atom stereocenters. The Labute approximate surface area is 108 Å². The quantitative estimate of drug-likeness (QED) is 0.820. The molecule has 1 aliphatic carbocycles. The number of aromatic nitrogens is 1. The summed E-state index contributed by atoms with van der Waals surface area (Å²) in [6.45, 7) is 4.40. The maximum absolute atomic E-state index is 12.5. The zero-order valence-electron chi connectivity index (χ0n) is 10.8. The molecule has 1 fully saturated rings. The van der Waals surface area contributed by atoms with Crippen molar-refractivity contribution < 1.29 is 13.5 Å². The monoisotopic (exact) mass is 272 g/mol. The molecule has 102 valence electrons. The van der Waals surface area contributed by atoms with Gasteiger partial charge in [0.15, 0.2) is 0 Å². The van der Waals surface area contributed by atoms with Gasteiger partial charge in [0.05, 0.1) is 11.5 Å².